The van der Waals surface area contributed by atoms with E-state index in [0.29, 0.717) is 18.5 Å². The van der Waals surface area contributed by atoms with Crippen molar-refractivity contribution < 1.29 is 9.59 Å². The van der Waals surface area contributed by atoms with Crippen LogP contribution in [0.2, 0.25) is 0 Å². The van der Waals surface area contributed by atoms with Crippen LogP contribution in [0.3, 0.4) is 0 Å². The molecule has 2 amide bonds. The maximum Gasteiger partial charge on any atom is 0.246 e. The molecule has 4 heteroatoms. The summed E-state index contributed by atoms with van der Waals surface area (Å²) in [6.07, 6.45) is 3.85. The van der Waals surface area contributed by atoms with Gasteiger partial charge in [-0.1, -0.05) is 6.42 Å². The number of carbonyl (C=O) groups is 2. The van der Waals surface area contributed by atoms with Crippen molar-refractivity contribution in [3.8, 4) is 0 Å². The molecule has 0 saturated carbocycles. The highest BCUT2D eigenvalue weighted by atomic mass is 16.2. The minimum atomic E-state index is -0.206. The number of likely N-dealkylation sites (N-methyl/N-ethyl adjacent to an activating group) is 1. The molecule has 0 aromatic carbocycles. The second-order valence-electron chi connectivity index (χ2n) is 5.09. The fourth-order valence-corrected chi connectivity index (χ4v) is 3.02. The molecule has 2 aliphatic rings. The number of amides is 2. The summed E-state index contributed by atoms with van der Waals surface area (Å²) in [7, 11) is 1.59. The summed E-state index contributed by atoms with van der Waals surface area (Å²) >= 11 is 0. The first kappa shape index (κ1) is 11.6. The molecule has 90 valence electrons. The van der Waals surface area contributed by atoms with Gasteiger partial charge in [0.05, 0.1) is 12.5 Å². The predicted octanol–water partition coefficient (Wildman–Crippen LogP) is 1.01. The average molecular weight is 224 g/mol. The predicted molar refractivity (Wildman–Crippen MR) is 60.8 cm³/mol. The van der Waals surface area contributed by atoms with E-state index in [1.165, 1.54) is 11.3 Å². The van der Waals surface area contributed by atoms with Crippen LogP contribution in [0.15, 0.2) is 0 Å². The van der Waals surface area contributed by atoms with Gasteiger partial charge in [-0.2, -0.15) is 0 Å². The number of imide groups is 1. The standard InChI is InChI=1S/C12H20N2O2/c1-8-5-4-6-9(2)14(8)10-7-11(15)13(3)12(10)16/h8-10H,4-7H2,1-3H3/t8-,9+,10?. The van der Waals surface area contributed by atoms with Crippen molar-refractivity contribution in [1.29, 1.82) is 0 Å². The third-order valence-electron chi connectivity index (χ3n) is 3.98. The Morgan fingerprint density at radius 2 is 1.69 bits per heavy atom. The fraction of sp³-hybridized carbons (Fsp3) is 0.833. The molecule has 1 unspecified atom stereocenters. The first-order valence-electron chi connectivity index (χ1n) is 6.10. The number of likely N-dealkylation sites (tertiary alicyclic amines) is 2. The molecule has 0 N–H and O–H groups in total. The van der Waals surface area contributed by atoms with Crippen LogP contribution in [0, 0.1) is 0 Å². The molecule has 0 aliphatic carbocycles. The first-order valence-corrected chi connectivity index (χ1v) is 6.10. The molecular weight excluding hydrogens is 204 g/mol. The van der Waals surface area contributed by atoms with E-state index in [1.54, 1.807) is 7.05 Å². The molecule has 2 rings (SSSR count). The Labute approximate surface area is 96.6 Å². The fourth-order valence-electron chi connectivity index (χ4n) is 3.02. The van der Waals surface area contributed by atoms with E-state index in [1.807, 2.05) is 0 Å². The Morgan fingerprint density at radius 3 is 2.12 bits per heavy atom. The number of piperidine rings is 1. The van der Waals surface area contributed by atoms with Crippen molar-refractivity contribution in [2.24, 2.45) is 0 Å². The van der Waals surface area contributed by atoms with Gasteiger partial charge in [0.15, 0.2) is 0 Å². The third kappa shape index (κ3) is 1.75. The van der Waals surface area contributed by atoms with Crippen LogP contribution in [0.5, 0.6) is 0 Å². The molecule has 0 spiro atoms. The van der Waals surface area contributed by atoms with Gasteiger partial charge in [0.1, 0.15) is 0 Å². The van der Waals surface area contributed by atoms with E-state index in [9.17, 15) is 9.59 Å². The topological polar surface area (TPSA) is 40.6 Å². The van der Waals surface area contributed by atoms with Crippen LogP contribution in [0.1, 0.15) is 39.5 Å². The van der Waals surface area contributed by atoms with Gasteiger partial charge in [0.25, 0.3) is 0 Å². The normalized spacial score (nSPS) is 37.2. The first-order chi connectivity index (χ1) is 7.52. The SMILES string of the molecule is C[C@@H]1CCC[C@H](C)N1C1CC(=O)N(C)C1=O. The van der Waals surface area contributed by atoms with Crippen molar-refractivity contribution in [2.45, 2.75) is 57.7 Å². The zero-order valence-electron chi connectivity index (χ0n) is 10.3. The summed E-state index contributed by atoms with van der Waals surface area (Å²) in [4.78, 5) is 27.0. The maximum absolute atomic E-state index is 12.0. The Hall–Kier alpha value is -0.900. The highest BCUT2D eigenvalue weighted by molar-refractivity contribution is 6.05. The van der Waals surface area contributed by atoms with E-state index in [0.717, 1.165) is 12.8 Å². The van der Waals surface area contributed by atoms with E-state index in [-0.39, 0.29) is 17.9 Å². The molecule has 3 atom stereocenters. The zero-order valence-corrected chi connectivity index (χ0v) is 10.3. The summed E-state index contributed by atoms with van der Waals surface area (Å²) in [5, 5.41) is 0. The molecule has 2 aliphatic heterocycles. The van der Waals surface area contributed by atoms with Gasteiger partial charge < -0.3 is 0 Å². The molecule has 0 radical (unpaired) electrons. The van der Waals surface area contributed by atoms with Crippen LogP contribution in [0.4, 0.5) is 0 Å². The molecule has 16 heavy (non-hydrogen) atoms. The van der Waals surface area contributed by atoms with Crippen molar-refractivity contribution >= 4 is 11.8 Å². The van der Waals surface area contributed by atoms with Crippen LogP contribution in [0.25, 0.3) is 0 Å². The molecule has 4 nitrogen and oxygen atoms in total. The highest BCUT2D eigenvalue weighted by Crippen LogP contribution is 2.29. The lowest BCUT2D eigenvalue weighted by Crippen LogP contribution is -2.52. The number of hydrogen-bond acceptors (Lipinski definition) is 3. The largest absolute Gasteiger partial charge is 0.286 e. The molecular formula is C12H20N2O2. The molecule has 2 heterocycles. The van der Waals surface area contributed by atoms with Crippen LogP contribution < -0.4 is 0 Å². The monoisotopic (exact) mass is 224 g/mol. The van der Waals surface area contributed by atoms with Crippen LogP contribution in [-0.2, 0) is 9.59 Å². The second kappa shape index (κ2) is 4.17. The number of nitrogens with zero attached hydrogens (tertiary/aromatic N) is 2. The summed E-state index contributed by atoms with van der Waals surface area (Å²) in [5.74, 6) is -0.0643. The van der Waals surface area contributed by atoms with Gasteiger partial charge in [0, 0.05) is 19.1 Å². The van der Waals surface area contributed by atoms with E-state index >= 15 is 0 Å². The average Bonchev–Trinajstić information content (AvgIpc) is 2.47. The van der Waals surface area contributed by atoms with Gasteiger partial charge in [-0.3, -0.25) is 19.4 Å². The maximum atomic E-state index is 12.0. The van der Waals surface area contributed by atoms with Crippen molar-refractivity contribution in [2.75, 3.05) is 7.05 Å². The Balaban J connectivity index is 2.17. The minimum absolute atomic E-state index is 0.0226. The number of hydrogen-bond donors (Lipinski definition) is 0. The smallest absolute Gasteiger partial charge is 0.246 e. The highest BCUT2D eigenvalue weighted by Gasteiger charge is 2.43. The van der Waals surface area contributed by atoms with Crippen molar-refractivity contribution in [3.63, 3.8) is 0 Å². The van der Waals surface area contributed by atoms with Crippen LogP contribution >= 0.6 is 0 Å². The lowest BCUT2D eigenvalue weighted by atomic mass is 9.94. The number of carbonyl (C=O) groups excluding carboxylic acids is 2. The minimum Gasteiger partial charge on any atom is -0.286 e. The summed E-state index contributed by atoms with van der Waals surface area (Å²) < 4.78 is 0. The molecule has 0 bridgehead atoms. The van der Waals surface area contributed by atoms with Crippen molar-refractivity contribution in [3.05, 3.63) is 0 Å². The van der Waals surface area contributed by atoms with Crippen molar-refractivity contribution in [1.82, 2.24) is 9.80 Å². The lowest BCUT2D eigenvalue weighted by molar-refractivity contribution is -0.139. The Kier molecular flexibility index (Phi) is 3.02. The van der Waals surface area contributed by atoms with Crippen LogP contribution in [-0.4, -0.2) is 46.8 Å². The third-order valence-corrected chi connectivity index (χ3v) is 3.98. The summed E-state index contributed by atoms with van der Waals surface area (Å²) in [6.45, 7) is 4.32. The van der Waals surface area contributed by atoms with E-state index in [2.05, 4.69) is 18.7 Å². The van der Waals surface area contributed by atoms with Gasteiger partial charge in [-0.15, -0.1) is 0 Å². The Morgan fingerprint density at radius 1 is 1.12 bits per heavy atom. The van der Waals surface area contributed by atoms with Gasteiger partial charge in [-0.05, 0) is 26.7 Å². The quantitative estimate of drug-likeness (QED) is 0.624. The summed E-state index contributed by atoms with van der Waals surface area (Å²) in [5.41, 5.74) is 0. The van der Waals surface area contributed by atoms with E-state index in [4.69, 9.17) is 0 Å². The molecule has 2 fully saturated rings. The molecule has 0 aromatic rings. The molecule has 2 saturated heterocycles. The van der Waals surface area contributed by atoms with Gasteiger partial charge >= 0.3 is 0 Å². The van der Waals surface area contributed by atoms with Gasteiger partial charge in [0.2, 0.25) is 11.8 Å². The molecule has 0 aromatic heterocycles. The Bertz CT molecular complexity index is 306. The number of rotatable bonds is 1. The zero-order chi connectivity index (χ0) is 11.9. The second-order valence-corrected chi connectivity index (χ2v) is 5.09. The lowest BCUT2D eigenvalue weighted by Gasteiger charge is -2.41. The van der Waals surface area contributed by atoms with Gasteiger partial charge in [-0.25, -0.2) is 0 Å². The van der Waals surface area contributed by atoms with E-state index < -0.39 is 0 Å². The summed E-state index contributed by atoms with van der Waals surface area (Å²) in [6, 6.07) is 0.622.